The van der Waals surface area contributed by atoms with Gasteiger partial charge in [0, 0.05) is 37.9 Å². The Hall–Kier alpha value is -2.62. The van der Waals surface area contributed by atoms with Gasteiger partial charge in [0.05, 0.1) is 47.0 Å². The highest BCUT2D eigenvalue weighted by Gasteiger charge is 2.50. The summed E-state index contributed by atoms with van der Waals surface area (Å²) in [5.74, 6) is -2.20. The number of aromatic nitrogens is 3. The van der Waals surface area contributed by atoms with Gasteiger partial charge in [0.2, 0.25) is 10.0 Å². The number of hydrogen-bond acceptors (Lipinski definition) is 15. The highest BCUT2D eigenvalue weighted by atomic mass is 32.2. The highest BCUT2D eigenvalue weighted by molar-refractivity contribution is 7.89. The maximum Gasteiger partial charge on any atom is 0.311 e. The lowest BCUT2D eigenvalue weighted by Gasteiger charge is -2.47. The van der Waals surface area contributed by atoms with Crippen molar-refractivity contribution in [3.63, 3.8) is 0 Å². The number of aliphatic hydroxyl groups excluding tert-OH is 2. The molecule has 2 aliphatic heterocycles. The lowest BCUT2D eigenvalue weighted by atomic mass is 9.78. The van der Waals surface area contributed by atoms with Crippen molar-refractivity contribution in [1.82, 2.24) is 24.8 Å². The maximum atomic E-state index is 13.8. The van der Waals surface area contributed by atoms with Crippen molar-refractivity contribution >= 4 is 16.0 Å². The predicted octanol–water partition coefficient (Wildman–Crippen LogP) is 2.31. The van der Waals surface area contributed by atoms with Crippen LogP contribution in [-0.4, -0.2) is 160 Å². The molecule has 61 heavy (non-hydrogen) atoms. The van der Waals surface area contributed by atoms with Crippen molar-refractivity contribution < 1.29 is 52.6 Å². The summed E-state index contributed by atoms with van der Waals surface area (Å²) in [5.41, 5.74) is -1.55. The fraction of sp³-hybridized carbons (Fsp3) is 0.791. The lowest BCUT2D eigenvalue weighted by molar-refractivity contribution is -0.300. The van der Waals surface area contributed by atoms with Gasteiger partial charge in [-0.05, 0) is 117 Å². The minimum absolute atomic E-state index is 0.0509. The predicted molar refractivity (Wildman–Crippen MR) is 229 cm³/mol. The number of primary sulfonamides is 1. The fourth-order valence-corrected chi connectivity index (χ4v) is 9.92. The number of unbranched alkanes of at least 4 members (excludes halogenated alkanes) is 1. The molecule has 1 aromatic heterocycles. The average molecular weight is 883 g/mol. The van der Waals surface area contributed by atoms with Gasteiger partial charge < -0.3 is 49.2 Å². The summed E-state index contributed by atoms with van der Waals surface area (Å²) in [7, 11) is 1.54. The van der Waals surface area contributed by atoms with Gasteiger partial charge in [0.1, 0.15) is 23.9 Å². The molecule has 17 nitrogen and oxygen atoms in total. The molecule has 3 heterocycles. The maximum absolute atomic E-state index is 13.8. The Kier molecular flexibility index (Phi) is 17.9. The number of nitrogens with two attached hydrogens (primary N) is 1. The van der Waals surface area contributed by atoms with Gasteiger partial charge in [-0.25, -0.2) is 18.2 Å². The Bertz CT molecular complexity index is 1800. The molecule has 6 N–H and O–H groups in total. The summed E-state index contributed by atoms with van der Waals surface area (Å²) in [6.07, 6.45) is -1.17. The van der Waals surface area contributed by atoms with Crippen LogP contribution in [0.5, 0.6) is 0 Å². The van der Waals surface area contributed by atoms with E-state index in [1.807, 2.05) is 52.9 Å². The summed E-state index contributed by atoms with van der Waals surface area (Å²) < 4.78 is 49.8. The highest BCUT2D eigenvalue weighted by Crippen LogP contribution is 2.37. The first-order chi connectivity index (χ1) is 28.4. The molecule has 1 aromatic carbocycles. The fourth-order valence-electron chi connectivity index (χ4n) is 9.40. The minimum atomic E-state index is -3.76. The van der Waals surface area contributed by atoms with Crippen molar-refractivity contribution in [2.24, 2.45) is 22.9 Å². The van der Waals surface area contributed by atoms with Crippen LogP contribution < -0.4 is 5.14 Å². The molecule has 4 rings (SSSR count). The standard InChI is InChI=1S/C43H74N6O11S/c1-12-35-43(8,54)38(51)30(6)48(10)23-26(2)22-42(7,53)39(28(4)37(57-11)29(5)40(52)59-35)60-41-36(50)34(21-27(3)58-41)47(9)20-14-13-15-32-25-49(46-45-32)24-31-16-18-33(19-17-31)61(44,55)56/h16-19,25-30,34-39,41,50-51,53-54H,12-15,20-24H2,1-11H3,(H2,44,55,56)/t26-,27-,28+,29-,30-,34+,35-,36-,37+,38-,39-,41+,42-,43-/m1/s1. The van der Waals surface area contributed by atoms with E-state index in [4.69, 9.17) is 24.1 Å². The van der Waals surface area contributed by atoms with Crippen LogP contribution in [0.2, 0.25) is 0 Å². The van der Waals surface area contributed by atoms with E-state index in [0.29, 0.717) is 32.5 Å². The number of esters is 1. The van der Waals surface area contributed by atoms with Crippen molar-refractivity contribution in [1.29, 1.82) is 0 Å². The molecular weight excluding hydrogens is 809 g/mol. The first-order valence-corrected chi connectivity index (χ1v) is 23.2. The Morgan fingerprint density at radius 3 is 2.33 bits per heavy atom. The summed E-state index contributed by atoms with van der Waals surface area (Å²) in [6, 6.07) is 5.50. The molecule has 2 aliphatic rings. The Morgan fingerprint density at radius 2 is 1.72 bits per heavy atom. The number of sulfonamides is 1. The molecule has 2 saturated heterocycles. The number of methoxy groups -OCH3 is 1. The molecule has 0 saturated carbocycles. The second-order valence-corrected chi connectivity index (χ2v) is 20.0. The van der Waals surface area contributed by atoms with Crippen LogP contribution in [0, 0.1) is 17.8 Å². The third-order valence-electron chi connectivity index (χ3n) is 13.0. The normalized spacial score (nSPS) is 36.6. The molecule has 348 valence electrons. The number of carbonyl (C=O) groups is 1. The van der Waals surface area contributed by atoms with Gasteiger partial charge in [-0.3, -0.25) is 4.79 Å². The van der Waals surface area contributed by atoms with Gasteiger partial charge in [-0.1, -0.05) is 38.1 Å². The monoisotopic (exact) mass is 883 g/mol. The molecule has 0 radical (unpaired) electrons. The SMILES string of the molecule is CC[C@H]1OC(=O)[C@H](C)[C@@H](OC)[C@H](C)[C@@H](O[C@@H]2O[C@H](C)C[C@H](N(C)CCCCc3cn(Cc4ccc(S(N)(=O)=O)cc4)nn3)[C@H]2O)[C@](C)(O)C[C@@H](C)CN(C)[C@H](C)[C@@H](O)[C@]1(C)O. The van der Waals surface area contributed by atoms with E-state index in [1.165, 1.54) is 26.2 Å². The molecule has 0 bridgehead atoms. The number of hydrogen-bond donors (Lipinski definition) is 5. The zero-order valence-corrected chi connectivity index (χ0v) is 38.9. The second-order valence-electron chi connectivity index (χ2n) is 18.4. The van der Waals surface area contributed by atoms with Crippen LogP contribution in [0.3, 0.4) is 0 Å². The third kappa shape index (κ3) is 13.0. The molecule has 2 aromatic rings. The zero-order valence-electron chi connectivity index (χ0n) is 38.0. The molecule has 0 spiro atoms. The molecule has 0 unspecified atom stereocenters. The van der Waals surface area contributed by atoms with Crippen LogP contribution in [0.4, 0.5) is 0 Å². The van der Waals surface area contributed by atoms with Crippen molar-refractivity contribution in [2.45, 2.75) is 172 Å². The van der Waals surface area contributed by atoms with Gasteiger partial charge in [0.25, 0.3) is 0 Å². The van der Waals surface area contributed by atoms with Gasteiger partial charge in [0.15, 0.2) is 6.29 Å². The molecule has 18 heteroatoms. The van der Waals surface area contributed by atoms with Crippen LogP contribution in [0.25, 0.3) is 0 Å². The van der Waals surface area contributed by atoms with E-state index < -0.39 is 81.9 Å². The van der Waals surface area contributed by atoms with E-state index in [2.05, 4.69) is 15.2 Å². The Morgan fingerprint density at radius 1 is 1.07 bits per heavy atom. The topological polar surface area (TPSA) is 232 Å². The quantitative estimate of drug-likeness (QED) is 0.144. The Labute approximate surface area is 362 Å². The minimum Gasteiger partial charge on any atom is -0.459 e. The van der Waals surface area contributed by atoms with Gasteiger partial charge in [-0.2, -0.15) is 0 Å². The van der Waals surface area contributed by atoms with E-state index >= 15 is 0 Å². The van der Waals surface area contributed by atoms with E-state index in [9.17, 15) is 33.6 Å². The number of likely N-dealkylation sites (N-methyl/N-ethyl adjacent to an activating group) is 2. The van der Waals surface area contributed by atoms with Crippen molar-refractivity contribution in [2.75, 3.05) is 34.3 Å². The summed E-state index contributed by atoms with van der Waals surface area (Å²) in [4.78, 5) is 17.9. The van der Waals surface area contributed by atoms with Crippen molar-refractivity contribution in [3.05, 3.63) is 41.7 Å². The molecular formula is C43H74N6O11S. The number of nitrogens with zero attached hydrogens (tertiary/aromatic N) is 5. The average Bonchev–Trinajstić information content (AvgIpc) is 3.63. The summed E-state index contributed by atoms with van der Waals surface area (Å²) in [6.45, 7) is 15.8. The van der Waals surface area contributed by atoms with Gasteiger partial charge >= 0.3 is 5.97 Å². The van der Waals surface area contributed by atoms with Crippen molar-refractivity contribution in [3.8, 4) is 0 Å². The van der Waals surface area contributed by atoms with E-state index in [-0.39, 0.29) is 35.8 Å². The van der Waals surface area contributed by atoms with Crippen LogP contribution in [-0.2, 0) is 46.7 Å². The summed E-state index contributed by atoms with van der Waals surface area (Å²) in [5, 5.41) is 61.0. The summed E-state index contributed by atoms with van der Waals surface area (Å²) >= 11 is 0. The van der Waals surface area contributed by atoms with Crippen LogP contribution >= 0.6 is 0 Å². The number of rotatable bonds is 13. The third-order valence-corrected chi connectivity index (χ3v) is 13.9. The Balaban J connectivity index is 1.46. The van der Waals surface area contributed by atoms with Crippen LogP contribution in [0.1, 0.15) is 98.8 Å². The second kappa shape index (κ2) is 21.4. The number of cyclic esters (lactones) is 1. The zero-order chi connectivity index (χ0) is 45.6. The first kappa shape index (κ1) is 51.0. The van der Waals surface area contributed by atoms with E-state index in [1.54, 1.807) is 37.6 Å². The van der Waals surface area contributed by atoms with Crippen LogP contribution in [0.15, 0.2) is 35.4 Å². The number of aryl methyl sites for hydroxylation is 1. The molecule has 0 aliphatic carbocycles. The largest absolute Gasteiger partial charge is 0.459 e. The lowest BCUT2D eigenvalue weighted by Crippen LogP contribution is -2.59. The molecule has 14 atom stereocenters. The van der Waals surface area contributed by atoms with Gasteiger partial charge in [-0.15, -0.1) is 5.10 Å². The molecule has 0 amide bonds. The number of carbonyl (C=O) groups excluding carboxylic acids is 1. The van der Waals surface area contributed by atoms with E-state index in [0.717, 1.165) is 24.1 Å². The molecule has 2 fully saturated rings. The number of benzene rings is 1. The number of ether oxygens (including phenoxy) is 4. The first-order valence-electron chi connectivity index (χ1n) is 21.7. The number of aliphatic hydroxyl groups is 4. The smallest absolute Gasteiger partial charge is 0.311 e.